The summed E-state index contributed by atoms with van der Waals surface area (Å²) >= 11 is -1.67. The molecule has 0 aliphatic heterocycles. The molecule has 0 aliphatic carbocycles. The standard InChI is InChI=1S/C24H26O8Se2/c1-23(2,3)13-9-7-11(19(25)26)17(15(13)21(29)30)33-34-18-12(20(27)28)8-10-14(24(4,5)6)16(18)22(31)32/h7-10H,1-6H3,(H,25,26)(H,27,28)(H,29,30)(H,31,32). The first-order valence-corrected chi connectivity index (χ1v) is 16.2. The monoisotopic (exact) mass is 602 g/mol. The molecule has 0 fully saturated rings. The molecule has 2 rings (SSSR count). The van der Waals surface area contributed by atoms with Gasteiger partial charge in [-0.2, -0.15) is 0 Å². The molecule has 4 N–H and O–H groups in total. The Kier molecular flexibility index (Phi) is 8.05. The molecule has 0 aliphatic rings. The van der Waals surface area contributed by atoms with Crippen molar-refractivity contribution in [2.24, 2.45) is 0 Å². The van der Waals surface area contributed by atoms with Gasteiger partial charge in [-0.1, -0.05) is 0 Å². The van der Waals surface area contributed by atoms with E-state index in [1.165, 1.54) is 24.3 Å². The van der Waals surface area contributed by atoms with Crippen LogP contribution in [0.3, 0.4) is 0 Å². The first-order chi connectivity index (χ1) is 15.5. The Labute approximate surface area is 208 Å². The van der Waals surface area contributed by atoms with E-state index in [9.17, 15) is 39.6 Å². The molecule has 2 aromatic rings. The first-order valence-electron chi connectivity index (χ1n) is 10.1. The Bertz CT molecular complexity index is 1090. The van der Waals surface area contributed by atoms with Crippen LogP contribution in [-0.2, 0) is 10.8 Å². The summed E-state index contributed by atoms with van der Waals surface area (Å²) in [7, 11) is 0. The maximum absolute atomic E-state index is 12.2. The Morgan fingerprint density at radius 1 is 0.559 bits per heavy atom. The van der Waals surface area contributed by atoms with Gasteiger partial charge in [0.05, 0.1) is 0 Å². The van der Waals surface area contributed by atoms with Crippen molar-refractivity contribution >= 4 is 59.1 Å². The molecular formula is C24H26O8Se2. The number of benzene rings is 2. The Morgan fingerprint density at radius 3 is 1.06 bits per heavy atom. The van der Waals surface area contributed by atoms with Crippen LogP contribution >= 0.6 is 0 Å². The predicted molar refractivity (Wildman–Crippen MR) is 129 cm³/mol. The van der Waals surface area contributed by atoms with Gasteiger partial charge in [-0.15, -0.1) is 0 Å². The van der Waals surface area contributed by atoms with Crippen molar-refractivity contribution in [2.45, 2.75) is 52.4 Å². The van der Waals surface area contributed by atoms with E-state index in [2.05, 4.69) is 0 Å². The van der Waals surface area contributed by atoms with Crippen molar-refractivity contribution in [3.05, 3.63) is 57.6 Å². The Hall–Kier alpha value is -2.64. The van der Waals surface area contributed by atoms with Crippen LogP contribution in [0.5, 0.6) is 0 Å². The van der Waals surface area contributed by atoms with E-state index in [4.69, 9.17) is 0 Å². The van der Waals surface area contributed by atoms with Crippen molar-refractivity contribution in [3.8, 4) is 0 Å². The molecule has 8 nitrogen and oxygen atoms in total. The third-order valence-electron chi connectivity index (χ3n) is 5.03. The van der Waals surface area contributed by atoms with E-state index < -0.39 is 61.0 Å². The van der Waals surface area contributed by atoms with E-state index in [1.54, 1.807) is 0 Å². The Balaban J connectivity index is 2.83. The zero-order valence-electron chi connectivity index (χ0n) is 19.5. The molecule has 0 bridgehead atoms. The van der Waals surface area contributed by atoms with Crippen molar-refractivity contribution in [3.63, 3.8) is 0 Å². The topological polar surface area (TPSA) is 149 Å². The summed E-state index contributed by atoms with van der Waals surface area (Å²) in [6.07, 6.45) is 0. The van der Waals surface area contributed by atoms with Crippen LogP contribution in [0.15, 0.2) is 24.3 Å². The summed E-state index contributed by atoms with van der Waals surface area (Å²) in [4.78, 5) is 48.4. The van der Waals surface area contributed by atoms with Crippen LogP contribution in [0, 0.1) is 0 Å². The number of carboxylic acids is 4. The summed E-state index contributed by atoms with van der Waals surface area (Å²) in [5.74, 6) is -5.14. The maximum atomic E-state index is 12.2. The van der Waals surface area contributed by atoms with Crippen molar-refractivity contribution < 1.29 is 39.6 Å². The molecule has 0 saturated carbocycles. The summed E-state index contributed by atoms with van der Waals surface area (Å²) < 4.78 is 0.238. The molecule has 2 aromatic carbocycles. The van der Waals surface area contributed by atoms with E-state index in [1.807, 2.05) is 41.5 Å². The van der Waals surface area contributed by atoms with E-state index >= 15 is 0 Å². The van der Waals surface area contributed by atoms with Crippen LogP contribution in [0.4, 0.5) is 0 Å². The quantitative estimate of drug-likeness (QED) is 0.354. The minimum absolute atomic E-state index is 0.116. The molecule has 34 heavy (non-hydrogen) atoms. The number of rotatable bonds is 7. The normalized spacial score (nSPS) is 11.8. The fourth-order valence-corrected chi connectivity index (χ4v) is 11.6. The number of hydrogen-bond acceptors (Lipinski definition) is 4. The zero-order chi connectivity index (χ0) is 26.2. The molecular weight excluding hydrogens is 574 g/mol. The molecule has 0 radical (unpaired) electrons. The average molecular weight is 600 g/mol. The number of carboxylic acid groups (broad SMARTS) is 4. The summed E-state index contributed by atoms with van der Waals surface area (Å²) in [5.41, 5.74) is -0.845. The molecule has 0 heterocycles. The van der Waals surface area contributed by atoms with Crippen LogP contribution in [0.2, 0.25) is 0 Å². The van der Waals surface area contributed by atoms with Gasteiger partial charge in [-0.05, 0) is 0 Å². The molecule has 0 saturated heterocycles. The van der Waals surface area contributed by atoms with Crippen LogP contribution in [0.1, 0.15) is 94.1 Å². The van der Waals surface area contributed by atoms with E-state index in [0.29, 0.717) is 11.1 Å². The number of carbonyl (C=O) groups is 4. The third kappa shape index (κ3) is 5.70. The average Bonchev–Trinajstić information content (AvgIpc) is 2.68. The van der Waals surface area contributed by atoms with Gasteiger partial charge in [0.2, 0.25) is 0 Å². The molecule has 0 aromatic heterocycles. The van der Waals surface area contributed by atoms with Gasteiger partial charge >= 0.3 is 209 Å². The fraction of sp³-hybridized carbons (Fsp3) is 0.333. The van der Waals surface area contributed by atoms with Crippen LogP contribution in [0.25, 0.3) is 0 Å². The van der Waals surface area contributed by atoms with Crippen LogP contribution < -0.4 is 8.92 Å². The first kappa shape index (κ1) is 27.6. The minimum atomic E-state index is -1.30. The van der Waals surface area contributed by atoms with Crippen LogP contribution in [-0.4, -0.2) is 70.6 Å². The molecule has 10 heteroatoms. The van der Waals surface area contributed by atoms with Crippen molar-refractivity contribution in [1.82, 2.24) is 0 Å². The molecule has 0 unspecified atom stereocenters. The van der Waals surface area contributed by atoms with Gasteiger partial charge < -0.3 is 0 Å². The van der Waals surface area contributed by atoms with Crippen molar-refractivity contribution in [1.29, 1.82) is 0 Å². The van der Waals surface area contributed by atoms with E-state index in [-0.39, 0.29) is 31.2 Å². The van der Waals surface area contributed by atoms with Gasteiger partial charge in [0.15, 0.2) is 0 Å². The summed E-state index contributed by atoms with van der Waals surface area (Å²) in [6, 6.07) is 5.71. The molecule has 182 valence electrons. The van der Waals surface area contributed by atoms with E-state index in [0.717, 1.165) is 0 Å². The van der Waals surface area contributed by atoms with Gasteiger partial charge in [-0.25, -0.2) is 0 Å². The third-order valence-corrected chi connectivity index (χ3v) is 12.2. The second kappa shape index (κ2) is 9.92. The fourth-order valence-electron chi connectivity index (χ4n) is 3.43. The summed E-state index contributed by atoms with van der Waals surface area (Å²) in [5, 5.41) is 39.4. The second-order valence-corrected chi connectivity index (χ2v) is 15.7. The Morgan fingerprint density at radius 2 is 0.853 bits per heavy atom. The molecule has 0 atom stereocenters. The van der Waals surface area contributed by atoms with Gasteiger partial charge in [0, 0.05) is 0 Å². The predicted octanol–water partition coefficient (Wildman–Crippen LogP) is 2.35. The number of aromatic carboxylic acids is 4. The molecule has 0 spiro atoms. The zero-order valence-corrected chi connectivity index (χ0v) is 23.0. The molecule has 0 amide bonds. The van der Waals surface area contributed by atoms with Gasteiger partial charge in [-0.3, -0.25) is 0 Å². The number of hydrogen-bond donors (Lipinski definition) is 4. The van der Waals surface area contributed by atoms with Crippen molar-refractivity contribution in [2.75, 3.05) is 0 Å². The van der Waals surface area contributed by atoms with Gasteiger partial charge in [0.25, 0.3) is 0 Å². The second-order valence-electron chi connectivity index (χ2n) is 9.62. The SMILES string of the molecule is CC(C)(C)c1ccc(C(=O)O)c([Se][Se]c2c(C(=O)O)ccc(C(C)(C)C)c2C(=O)O)c1C(=O)O. The van der Waals surface area contributed by atoms with Gasteiger partial charge in [0.1, 0.15) is 0 Å². The summed E-state index contributed by atoms with van der Waals surface area (Å²) in [6.45, 7) is 10.9.